The molecular weight excluding hydrogens is 596 g/mol. The number of rotatable bonds is 9. The van der Waals surface area contributed by atoms with Gasteiger partial charge in [0, 0.05) is 68.8 Å². The zero-order chi connectivity index (χ0) is 32.3. The number of carbonyl (C=O) groups excluding carboxylic acids is 1. The normalized spacial score (nSPS) is 16.8. The van der Waals surface area contributed by atoms with Crippen LogP contribution in [0.15, 0.2) is 86.1 Å². The van der Waals surface area contributed by atoms with Crippen LogP contribution in [-0.2, 0) is 9.63 Å². The molecule has 2 fully saturated rings. The summed E-state index contributed by atoms with van der Waals surface area (Å²) in [7, 11) is 3.73. The van der Waals surface area contributed by atoms with Gasteiger partial charge in [-0.25, -0.2) is 24.5 Å². The average molecular weight is 633 g/mol. The number of ether oxygens (including phenoxy) is 1. The quantitative estimate of drug-likeness (QED) is 0.220. The molecule has 0 saturated carbocycles. The van der Waals surface area contributed by atoms with Crippen molar-refractivity contribution in [3.8, 4) is 16.9 Å². The second-order valence-corrected chi connectivity index (χ2v) is 11.5. The van der Waals surface area contributed by atoms with E-state index in [1.807, 2.05) is 47.8 Å². The summed E-state index contributed by atoms with van der Waals surface area (Å²) in [6.07, 6.45) is 9.14. The highest BCUT2D eigenvalue weighted by atomic mass is 16.7. The van der Waals surface area contributed by atoms with Crippen LogP contribution in [0.1, 0.15) is 18.0 Å². The minimum atomic E-state index is -0.291. The zero-order valence-electron chi connectivity index (χ0n) is 26.3. The number of hydrogen-bond acceptors (Lipinski definition) is 11. The number of likely N-dealkylation sites (N-methyl/N-ethyl adjacent to an activating group) is 1. The number of hydrogen-bond donors (Lipinski definition) is 2. The number of methoxy groups -OCH3 is 1. The van der Waals surface area contributed by atoms with Crippen molar-refractivity contribution in [3.05, 3.63) is 91.7 Å². The van der Waals surface area contributed by atoms with Crippen molar-refractivity contribution in [2.75, 3.05) is 67.5 Å². The van der Waals surface area contributed by atoms with Crippen LogP contribution in [0.5, 0.6) is 5.75 Å². The van der Waals surface area contributed by atoms with Crippen molar-refractivity contribution in [2.24, 2.45) is 0 Å². The largest absolute Gasteiger partial charge is 0.494 e. The molecule has 2 aliphatic rings. The summed E-state index contributed by atoms with van der Waals surface area (Å²) in [5.74, 6) is 1.48. The van der Waals surface area contributed by atoms with Gasteiger partial charge in [-0.15, -0.1) is 0 Å². The minimum absolute atomic E-state index is 0.0581. The van der Waals surface area contributed by atoms with Crippen molar-refractivity contribution in [3.63, 3.8) is 0 Å². The molecule has 1 amide bonds. The van der Waals surface area contributed by atoms with Crippen molar-refractivity contribution < 1.29 is 14.4 Å². The number of nitrogens with zero attached hydrogens (tertiary/aromatic N) is 8. The molecule has 47 heavy (non-hydrogen) atoms. The molecule has 2 aromatic carbocycles. The third-order valence-electron chi connectivity index (χ3n) is 8.50. The molecule has 0 bridgehead atoms. The van der Waals surface area contributed by atoms with E-state index in [1.165, 1.54) is 12.4 Å². The van der Waals surface area contributed by atoms with Gasteiger partial charge in [-0.05, 0) is 36.4 Å². The third-order valence-corrected chi connectivity index (χ3v) is 8.50. The Morgan fingerprint density at radius 1 is 1.04 bits per heavy atom. The molecule has 0 radical (unpaired) electrons. The first-order valence-corrected chi connectivity index (χ1v) is 15.5. The van der Waals surface area contributed by atoms with E-state index in [9.17, 15) is 4.79 Å². The first-order chi connectivity index (χ1) is 23.0. The monoisotopic (exact) mass is 632 g/mol. The van der Waals surface area contributed by atoms with Crippen LogP contribution in [0.4, 0.5) is 28.7 Å². The fourth-order valence-electron chi connectivity index (χ4n) is 5.98. The van der Waals surface area contributed by atoms with E-state index in [-0.39, 0.29) is 11.9 Å². The lowest BCUT2D eigenvalue weighted by Gasteiger charge is -2.35. The fourth-order valence-corrected chi connectivity index (χ4v) is 5.98. The Morgan fingerprint density at radius 2 is 1.91 bits per heavy atom. The van der Waals surface area contributed by atoms with E-state index in [0.29, 0.717) is 35.4 Å². The van der Waals surface area contributed by atoms with Crippen molar-refractivity contribution >= 4 is 40.3 Å². The molecule has 0 spiro atoms. The molecule has 0 aliphatic carbocycles. The average Bonchev–Trinajstić information content (AvgIpc) is 3.79. The molecule has 2 saturated heterocycles. The molecule has 1 atom stereocenters. The summed E-state index contributed by atoms with van der Waals surface area (Å²) in [5.41, 5.74) is 6.08. The Hall–Kier alpha value is -5.53. The number of anilines is 5. The Kier molecular flexibility index (Phi) is 8.38. The lowest BCUT2D eigenvalue weighted by atomic mass is 9.99. The van der Waals surface area contributed by atoms with E-state index in [1.54, 1.807) is 17.8 Å². The van der Waals surface area contributed by atoms with Crippen molar-refractivity contribution in [1.82, 2.24) is 29.5 Å². The molecule has 13 nitrogen and oxygen atoms in total. The number of fused-ring (bicyclic) bond motifs is 1. The molecule has 240 valence electrons. The highest BCUT2D eigenvalue weighted by Crippen LogP contribution is 2.40. The SMILES string of the molecule is C=CC(=O)Nc1cc(Nc2cc(N3OCCC3c3cccc(-c4cnc5ccnn5c4)c3)ncn2)c(OC)cc1N1CCN(C)CC1. The first-order valence-electron chi connectivity index (χ1n) is 15.5. The Bertz CT molecular complexity index is 1920. The van der Waals surface area contributed by atoms with E-state index < -0.39 is 0 Å². The van der Waals surface area contributed by atoms with Crippen molar-refractivity contribution in [2.45, 2.75) is 12.5 Å². The summed E-state index contributed by atoms with van der Waals surface area (Å²) in [4.78, 5) is 36.6. The maximum atomic E-state index is 12.4. The Morgan fingerprint density at radius 3 is 2.74 bits per heavy atom. The topological polar surface area (TPSA) is 125 Å². The van der Waals surface area contributed by atoms with Crippen LogP contribution in [0.2, 0.25) is 0 Å². The standard InChI is InChI=1S/C34H36N10O3/c1-4-34(45)40-26-17-27(30(46-3)18-29(26)42-13-11-41(2)12-14-42)39-31-19-33(37-22-36-31)44-28(9-15-47-44)24-7-5-6-23(16-24)25-20-35-32-8-10-38-43(32)21-25/h4-8,10,16-22,28H,1,9,11-15H2,2-3H3,(H,40,45)(H,36,37,39). The molecule has 2 aliphatic heterocycles. The molecule has 3 aromatic heterocycles. The number of aromatic nitrogens is 5. The maximum Gasteiger partial charge on any atom is 0.247 e. The Balaban J connectivity index is 1.15. The summed E-state index contributed by atoms with van der Waals surface area (Å²) in [6.45, 7) is 7.67. The van der Waals surface area contributed by atoms with Crippen LogP contribution < -0.4 is 25.3 Å². The van der Waals surface area contributed by atoms with Gasteiger partial charge < -0.3 is 25.2 Å². The van der Waals surface area contributed by atoms with Crippen LogP contribution in [0.25, 0.3) is 16.8 Å². The predicted molar refractivity (Wildman–Crippen MR) is 181 cm³/mol. The molecular formula is C34H36N10O3. The number of piperazine rings is 1. The Labute approximate surface area is 272 Å². The lowest BCUT2D eigenvalue weighted by Crippen LogP contribution is -2.44. The minimum Gasteiger partial charge on any atom is -0.494 e. The second kappa shape index (κ2) is 13.1. The molecule has 2 N–H and O–H groups in total. The molecule has 7 rings (SSSR count). The second-order valence-electron chi connectivity index (χ2n) is 11.5. The van der Waals surface area contributed by atoms with Crippen LogP contribution in [0, 0.1) is 0 Å². The fraction of sp³-hybridized carbons (Fsp3) is 0.265. The summed E-state index contributed by atoms with van der Waals surface area (Å²) < 4.78 is 7.58. The molecule has 1 unspecified atom stereocenters. The van der Waals surface area contributed by atoms with E-state index in [4.69, 9.17) is 9.57 Å². The number of benzene rings is 2. The first kappa shape index (κ1) is 30.1. The van der Waals surface area contributed by atoms with Crippen LogP contribution in [-0.4, -0.2) is 82.3 Å². The van der Waals surface area contributed by atoms with Gasteiger partial charge in [0.2, 0.25) is 5.91 Å². The number of amides is 1. The highest BCUT2D eigenvalue weighted by molar-refractivity contribution is 6.02. The van der Waals surface area contributed by atoms with Gasteiger partial charge in [0.15, 0.2) is 11.5 Å². The van der Waals surface area contributed by atoms with Crippen LogP contribution >= 0.6 is 0 Å². The number of hydroxylamine groups is 1. The van der Waals surface area contributed by atoms with Gasteiger partial charge in [0.25, 0.3) is 0 Å². The number of nitrogens with one attached hydrogen (secondary N) is 2. The summed E-state index contributed by atoms with van der Waals surface area (Å²) >= 11 is 0. The van der Waals surface area contributed by atoms with E-state index >= 15 is 0 Å². The maximum absolute atomic E-state index is 12.4. The zero-order valence-corrected chi connectivity index (χ0v) is 26.3. The van der Waals surface area contributed by atoms with Gasteiger partial charge in [0.05, 0.1) is 43.0 Å². The molecule has 5 heterocycles. The number of carbonyl (C=O) groups is 1. The predicted octanol–water partition coefficient (Wildman–Crippen LogP) is 4.70. The highest BCUT2D eigenvalue weighted by Gasteiger charge is 2.30. The third kappa shape index (κ3) is 6.30. The summed E-state index contributed by atoms with van der Waals surface area (Å²) in [6, 6.07) is 15.8. The van der Waals surface area contributed by atoms with E-state index in [0.717, 1.165) is 60.6 Å². The van der Waals surface area contributed by atoms with Gasteiger partial charge >= 0.3 is 0 Å². The van der Waals surface area contributed by atoms with Gasteiger partial charge in [-0.3, -0.25) is 9.63 Å². The van der Waals surface area contributed by atoms with Crippen molar-refractivity contribution in [1.29, 1.82) is 0 Å². The molecule has 13 heteroatoms. The van der Waals surface area contributed by atoms with E-state index in [2.05, 4.69) is 72.3 Å². The lowest BCUT2D eigenvalue weighted by molar-refractivity contribution is -0.111. The van der Waals surface area contributed by atoms with Crippen LogP contribution in [0.3, 0.4) is 0 Å². The van der Waals surface area contributed by atoms with Gasteiger partial charge in [-0.1, -0.05) is 24.8 Å². The van der Waals surface area contributed by atoms with Gasteiger partial charge in [0.1, 0.15) is 17.9 Å². The smallest absolute Gasteiger partial charge is 0.247 e. The molecule has 5 aromatic rings. The van der Waals surface area contributed by atoms with Gasteiger partial charge in [-0.2, -0.15) is 5.10 Å². The summed E-state index contributed by atoms with van der Waals surface area (Å²) in [5, 5.41) is 12.5.